The summed E-state index contributed by atoms with van der Waals surface area (Å²) in [6.45, 7) is 5.82. The number of rotatable bonds is 8. The van der Waals surface area contributed by atoms with Crippen molar-refractivity contribution in [1.29, 1.82) is 0 Å². The Morgan fingerprint density at radius 1 is 1.19 bits per heavy atom. The second kappa shape index (κ2) is 8.85. The number of carbonyl (C=O) groups is 1. The highest BCUT2D eigenvalue weighted by atomic mass is 16.5. The van der Waals surface area contributed by atoms with Gasteiger partial charge in [-0.05, 0) is 48.7 Å². The molecule has 0 aliphatic carbocycles. The molecular formula is C21H23NO4. The lowest BCUT2D eigenvalue weighted by molar-refractivity contribution is -0.139. The molecule has 0 saturated carbocycles. The van der Waals surface area contributed by atoms with Gasteiger partial charge in [0.05, 0.1) is 31.4 Å². The fourth-order valence-corrected chi connectivity index (χ4v) is 2.65. The fourth-order valence-electron chi connectivity index (χ4n) is 2.65. The van der Waals surface area contributed by atoms with Crippen LogP contribution in [0.2, 0.25) is 0 Å². The van der Waals surface area contributed by atoms with Crippen molar-refractivity contribution < 1.29 is 19.4 Å². The third-order valence-corrected chi connectivity index (χ3v) is 3.92. The van der Waals surface area contributed by atoms with E-state index in [1.54, 1.807) is 14.2 Å². The normalized spacial score (nSPS) is 12.0. The molecule has 0 heterocycles. The lowest BCUT2D eigenvalue weighted by atomic mass is 9.96. The van der Waals surface area contributed by atoms with E-state index >= 15 is 0 Å². The maximum atomic E-state index is 11.6. The Morgan fingerprint density at radius 3 is 2.23 bits per heavy atom. The van der Waals surface area contributed by atoms with Crippen molar-refractivity contribution in [2.24, 2.45) is 10.9 Å². The molecule has 1 unspecified atom stereocenters. The predicted octanol–water partition coefficient (Wildman–Crippen LogP) is 4.38. The van der Waals surface area contributed by atoms with Gasteiger partial charge in [0.1, 0.15) is 11.5 Å². The first-order chi connectivity index (χ1) is 12.5. The molecule has 0 radical (unpaired) electrons. The topological polar surface area (TPSA) is 68.1 Å². The summed E-state index contributed by atoms with van der Waals surface area (Å²) in [4.78, 5) is 15.9. The summed E-state index contributed by atoms with van der Waals surface area (Å²) >= 11 is 0. The van der Waals surface area contributed by atoms with Crippen molar-refractivity contribution in [2.75, 3.05) is 14.2 Å². The number of carboxylic acids is 1. The highest BCUT2D eigenvalue weighted by Crippen LogP contribution is 2.36. The van der Waals surface area contributed by atoms with Crippen LogP contribution in [0.1, 0.15) is 18.1 Å². The van der Waals surface area contributed by atoms with Crippen molar-refractivity contribution in [2.45, 2.75) is 13.3 Å². The van der Waals surface area contributed by atoms with Crippen LogP contribution in [0, 0.1) is 5.92 Å². The molecule has 5 nitrogen and oxygen atoms in total. The van der Waals surface area contributed by atoms with E-state index in [0.29, 0.717) is 17.2 Å². The first kappa shape index (κ1) is 19.2. The van der Waals surface area contributed by atoms with Crippen LogP contribution in [-0.4, -0.2) is 31.5 Å². The standard InChI is InChI=1S/C21H23NO4/c1-14(2)20-18(25-3)11-15(12-19(20)26-4)10-16(21(23)24)13-22-17-8-6-5-7-9-17/h5-9,11-13,16H,1,10H2,2-4H3,(H,23,24). The zero-order valence-corrected chi connectivity index (χ0v) is 15.2. The van der Waals surface area contributed by atoms with Crippen LogP contribution in [0.15, 0.2) is 54.0 Å². The number of benzene rings is 2. The molecule has 0 bridgehead atoms. The van der Waals surface area contributed by atoms with Crippen molar-refractivity contribution in [3.8, 4) is 11.5 Å². The van der Waals surface area contributed by atoms with E-state index in [4.69, 9.17) is 9.47 Å². The van der Waals surface area contributed by atoms with Gasteiger partial charge < -0.3 is 14.6 Å². The molecule has 2 aromatic carbocycles. The van der Waals surface area contributed by atoms with Crippen LogP contribution < -0.4 is 9.47 Å². The van der Waals surface area contributed by atoms with Crippen molar-refractivity contribution >= 4 is 23.4 Å². The van der Waals surface area contributed by atoms with Gasteiger partial charge in [-0.25, -0.2) is 0 Å². The van der Waals surface area contributed by atoms with Gasteiger partial charge in [-0.1, -0.05) is 24.8 Å². The fraction of sp³-hybridized carbons (Fsp3) is 0.238. The lowest BCUT2D eigenvalue weighted by Gasteiger charge is -2.16. The molecule has 2 aromatic rings. The smallest absolute Gasteiger partial charge is 0.312 e. The molecule has 2 rings (SSSR count). The highest BCUT2D eigenvalue weighted by molar-refractivity contribution is 5.90. The molecule has 1 atom stereocenters. The minimum atomic E-state index is -0.938. The first-order valence-corrected chi connectivity index (χ1v) is 8.19. The molecule has 0 aromatic heterocycles. The monoisotopic (exact) mass is 353 g/mol. The minimum Gasteiger partial charge on any atom is -0.496 e. The number of aliphatic imine (C=N–C) groups is 1. The average molecular weight is 353 g/mol. The lowest BCUT2D eigenvalue weighted by Crippen LogP contribution is -2.18. The number of carboxylic acid groups (broad SMARTS) is 1. The SMILES string of the molecule is C=C(C)c1c(OC)cc(CC(C=Nc2ccccc2)C(=O)O)cc1OC. The molecule has 0 spiro atoms. The van der Waals surface area contributed by atoms with E-state index < -0.39 is 11.9 Å². The van der Waals surface area contributed by atoms with Gasteiger partial charge in [0.2, 0.25) is 0 Å². The van der Waals surface area contributed by atoms with Crippen LogP contribution >= 0.6 is 0 Å². The summed E-state index contributed by atoms with van der Waals surface area (Å²) in [5.41, 5.74) is 3.09. The van der Waals surface area contributed by atoms with Crippen LogP contribution in [0.4, 0.5) is 5.69 Å². The van der Waals surface area contributed by atoms with E-state index in [1.165, 1.54) is 6.21 Å². The van der Waals surface area contributed by atoms with Gasteiger partial charge in [-0.2, -0.15) is 0 Å². The number of para-hydroxylation sites is 1. The Kier molecular flexibility index (Phi) is 6.55. The van der Waals surface area contributed by atoms with Crippen LogP contribution in [0.25, 0.3) is 5.57 Å². The highest BCUT2D eigenvalue weighted by Gasteiger charge is 2.19. The molecule has 1 N–H and O–H groups in total. The summed E-state index contributed by atoms with van der Waals surface area (Å²) in [7, 11) is 3.13. The van der Waals surface area contributed by atoms with Gasteiger partial charge in [-0.3, -0.25) is 9.79 Å². The van der Waals surface area contributed by atoms with Crippen LogP contribution in [-0.2, 0) is 11.2 Å². The van der Waals surface area contributed by atoms with Crippen LogP contribution in [0.5, 0.6) is 11.5 Å². The Balaban J connectivity index is 2.32. The Labute approximate surface area is 153 Å². The van der Waals surface area contributed by atoms with E-state index in [9.17, 15) is 9.90 Å². The number of ether oxygens (including phenoxy) is 2. The van der Waals surface area contributed by atoms with Crippen molar-refractivity contribution in [3.63, 3.8) is 0 Å². The summed E-state index contributed by atoms with van der Waals surface area (Å²) in [6.07, 6.45) is 1.73. The van der Waals surface area contributed by atoms with Gasteiger partial charge in [-0.15, -0.1) is 0 Å². The van der Waals surface area contributed by atoms with E-state index in [2.05, 4.69) is 11.6 Å². The van der Waals surface area contributed by atoms with Crippen molar-refractivity contribution in [3.05, 3.63) is 60.2 Å². The molecule has 0 amide bonds. The Morgan fingerprint density at radius 2 is 1.77 bits per heavy atom. The number of nitrogens with zero attached hydrogens (tertiary/aromatic N) is 1. The van der Waals surface area contributed by atoms with E-state index in [-0.39, 0.29) is 6.42 Å². The average Bonchev–Trinajstić information content (AvgIpc) is 2.64. The molecule has 0 saturated heterocycles. The molecule has 0 fully saturated rings. The molecule has 0 aliphatic rings. The number of allylic oxidation sites excluding steroid dienone is 1. The van der Waals surface area contributed by atoms with Crippen molar-refractivity contribution in [1.82, 2.24) is 0 Å². The molecule has 5 heteroatoms. The van der Waals surface area contributed by atoms with E-state index in [0.717, 1.165) is 16.7 Å². The molecule has 0 aliphatic heterocycles. The minimum absolute atomic E-state index is 0.273. The number of methoxy groups -OCH3 is 2. The predicted molar refractivity (Wildman–Crippen MR) is 104 cm³/mol. The van der Waals surface area contributed by atoms with Gasteiger partial charge in [0, 0.05) is 6.21 Å². The Hall–Kier alpha value is -3.08. The second-order valence-corrected chi connectivity index (χ2v) is 5.92. The summed E-state index contributed by atoms with van der Waals surface area (Å²) in [5.74, 6) is -0.487. The number of aliphatic carboxylic acids is 1. The molecular weight excluding hydrogens is 330 g/mol. The molecule has 136 valence electrons. The quantitative estimate of drug-likeness (QED) is 0.715. The van der Waals surface area contributed by atoms with Gasteiger partial charge in [0.15, 0.2) is 0 Å². The maximum Gasteiger partial charge on any atom is 0.312 e. The third kappa shape index (κ3) is 4.72. The molecule has 26 heavy (non-hydrogen) atoms. The van der Waals surface area contributed by atoms with Gasteiger partial charge in [0.25, 0.3) is 0 Å². The zero-order valence-electron chi connectivity index (χ0n) is 15.2. The summed E-state index contributed by atoms with van der Waals surface area (Å²) in [5, 5.41) is 9.54. The number of hydrogen-bond donors (Lipinski definition) is 1. The number of hydrogen-bond acceptors (Lipinski definition) is 4. The van der Waals surface area contributed by atoms with E-state index in [1.807, 2.05) is 49.4 Å². The second-order valence-electron chi connectivity index (χ2n) is 5.92. The third-order valence-electron chi connectivity index (χ3n) is 3.92. The Bertz CT molecular complexity index is 787. The summed E-state index contributed by atoms with van der Waals surface area (Å²) < 4.78 is 10.9. The van der Waals surface area contributed by atoms with Crippen LogP contribution in [0.3, 0.4) is 0 Å². The first-order valence-electron chi connectivity index (χ1n) is 8.19. The largest absolute Gasteiger partial charge is 0.496 e. The zero-order chi connectivity index (χ0) is 19.1. The maximum absolute atomic E-state index is 11.6. The summed E-state index contributed by atoms with van der Waals surface area (Å²) in [6, 6.07) is 12.9. The van der Waals surface area contributed by atoms with Gasteiger partial charge >= 0.3 is 5.97 Å².